The molecule has 2 N–H and O–H groups in total. The fourth-order valence-electron chi connectivity index (χ4n) is 7.45. The van der Waals surface area contributed by atoms with Crippen LogP contribution in [-0.2, 0) is 0 Å². The molecule has 4 aliphatic rings. The molecule has 0 bridgehead atoms. The third-order valence-electron chi connectivity index (χ3n) is 8.69. The zero-order chi connectivity index (χ0) is 18.0. The molecule has 0 radical (unpaired) electrons. The van der Waals surface area contributed by atoms with E-state index in [0.717, 1.165) is 56.9 Å². The molecule has 6 atom stereocenters. The Hall–Kier alpha value is -0.670. The van der Waals surface area contributed by atoms with Gasteiger partial charge in [-0.3, -0.25) is 0 Å². The molecule has 0 spiro atoms. The Balaban J connectivity index is 1.72. The molecule has 3 heteroatoms. The van der Waals surface area contributed by atoms with Crippen molar-refractivity contribution in [2.45, 2.75) is 78.2 Å². The topological polar surface area (TPSA) is 40.5 Å². The Morgan fingerprint density at radius 3 is 2.48 bits per heavy atom. The second-order valence-corrected chi connectivity index (χ2v) is 9.69. The summed E-state index contributed by atoms with van der Waals surface area (Å²) in [5.74, 6) is 1.58. The Kier molecular flexibility index (Phi) is 4.20. The molecular weight excluding hydrogens is 315 g/mol. The molecule has 0 aromatic rings. The first-order valence-electron chi connectivity index (χ1n) is 10.2. The zero-order valence-electron chi connectivity index (χ0n) is 15.9. The summed E-state index contributed by atoms with van der Waals surface area (Å²) in [5.41, 5.74) is 4.11. The van der Waals surface area contributed by atoms with Crippen LogP contribution in [0.3, 0.4) is 0 Å². The van der Waals surface area contributed by atoms with Gasteiger partial charge in [0.15, 0.2) is 0 Å². The minimum absolute atomic E-state index is 0.0592. The summed E-state index contributed by atoms with van der Waals surface area (Å²) in [6.07, 6.45) is 7.93. The standard InChI is InChI=1S/C22H33FO2/c1-13-10-15-16-4-5-18(20(23)12-24)21(16,2)9-7-17(15)22(3)8-6-14(25)11-19(13)22/h14-17,24-25H,4-12H2,1-3H3. The lowest BCUT2D eigenvalue weighted by atomic mass is 9.46. The molecule has 0 aromatic carbocycles. The average Bonchev–Trinajstić information content (AvgIpc) is 2.93. The number of allylic oxidation sites excluding steroid dienone is 2. The molecule has 4 aliphatic carbocycles. The summed E-state index contributed by atoms with van der Waals surface area (Å²) in [6.45, 7) is 6.53. The molecule has 4 rings (SSSR count). The summed E-state index contributed by atoms with van der Waals surface area (Å²) in [7, 11) is 0. The predicted molar refractivity (Wildman–Crippen MR) is 97.5 cm³/mol. The normalized spacial score (nSPS) is 48.7. The quantitative estimate of drug-likeness (QED) is 0.661. The molecular formula is C22H33FO2. The van der Waals surface area contributed by atoms with Crippen molar-refractivity contribution in [3.05, 3.63) is 22.5 Å². The first kappa shape index (κ1) is 17.7. The van der Waals surface area contributed by atoms with Crippen LogP contribution in [0, 0.1) is 28.6 Å². The summed E-state index contributed by atoms with van der Waals surface area (Å²) in [6, 6.07) is 0. The van der Waals surface area contributed by atoms with Gasteiger partial charge in [0.05, 0.1) is 12.7 Å². The third-order valence-corrected chi connectivity index (χ3v) is 8.69. The van der Waals surface area contributed by atoms with Gasteiger partial charge in [-0.25, -0.2) is 4.39 Å². The Morgan fingerprint density at radius 1 is 1.08 bits per heavy atom. The maximum absolute atomic E-state index is 14.3. The van der Waals surface area contributed by atoms with Crippen molar-refractivity contribution >= 4 is 0 Å². The number of aliphatic hydroxyl groups excluding tert-OH is 2. The fraction of sp³-hybridized carbons (Fsp3) is 0.818. The van der Waals surface area contributed by atoms with E-state index in [-0.39, 0.29) is 22.8 Å². The summed E-state index contributed by atoms with van der Waals surface area (Å²) < 4.78 is 14.3. The number of hydrogen-bond acceptors (Lipinski definition) is 2. The van der Waals surface area contributed by atoms with E-state index in [1.165, 1.54) is 11.1 Å². The van der Waals surface area contributed by atoms with Crippen LogP contribution >= 0.6 is 0 Å². The SMILES string of the molecule is CC1=C2CC(O)CCC2(C)C2CCC3(C)C(=C(F)CO)CCC3C2C1. The van der Waals surface area contributed by atoms with Gasteiger partial charge in [0.2, 0.25) is 0 Å². The average molecular weight is 349 g/mol. The van der Waals surface area contributed by atoms with Crippen LogP contribution in [0.1, 0.15) is 72.1 Å². The molecule has 2 nitrogen and oxygen atoms in total. The molecule has 0 aliphatic heterocycles. The number of fused-ring (bicyclic) bond motifs is 5. The van der Waals surface area contributed by atoms with Gasteiger partial charge >= 0.3 is 0 Å². The maximum Gasteiger partial charge on any atom is 0.125 e. The van der Waals surface area contributed by atoms with E-state index in [9.17, 15) is 14.6 Å². The molecule has 0 heterocycles. The van der Waals surface area contributed by atoms with Crippen LogP contribution < -0.4 is 0 Å². The van der Waals surface area contributed by atoms with Gasteiger partial charge < -0.3 is 10.2 Å². The molecule has 0 saturated heterocycles. The third kappa shape index (κ3) is 2.41. The van der Waals surface area contributed by atoms with Crippen LogP contribution in [0.5, 0.6) is 0 Å². The van der Waals surface area contributed by atoms with Crippen LogP contribution in [0.25, 0.3) is 0 Å². The second-order valence-electron chi connectivity index (χ2n) is 9.69. The van der Waals surface area contributed by atoms with Crippen LogP contribution in [-0.4, -0.2) is 22.9 Å². The van der Waals surface area contributed by atoms with Gasteiger partial charge in [-0.15, -0.1) is 0 Å². The minimum Gasteiger partial charge on any atom is -0.393 e. The highest BCUT2D eigenvalue weighted by Gasteiger charge is 2.58. The van der Waals surface area contributed by atoms with Gasteiger partial charge in [0.1, 0.15) is 5.83 Å². The van der Waals surface area contributed by atoms with E-state index < -0.39 is 6.61 Å². The number of hydrogen-bond donors (Lipinski definition) is 2. The van der Waals surface area contributed by atoms with Crippen LogP contribution in [0.4, 0.5) is 4.39 Å². The summed E-state index contributed by atoms with van der Waals surface area (Å²) in [5, 5.41) is 19.5. The predicted octanol–water partition coefficient (Wildman–Crippen LogP) is 4.92. The van der Waals surface area contributed by atoms with Crippen molar-refractivity contribution < 1.29 is 14.6 Å². The number of rotatable bonds is 1. The van der Waals surface area contributed by atoms with E-state index >= 15 is 0 Å². The van der Waals surface area contributed by atoms with Crippen molar-refractivity contribution in [1.29, 1.82) is 0 Å². The zero-order valence-corrected chi connectivity index (χ0v) is 15.9. The van der Waals surface area contributed by atoms with E-state index in [2.05, 4.69) is 20.8 Å². The van der Waals surface area contributed by atoms with E-state index in [1.54, 1.807) is 0 Å². The lowest BCUT2D eigenvalue weighted by Gasteiger charge is -2.58. The molecule has 25 heavy (non-hydrogen) atoms. The van der Waals surface area contributed by atoms with Crippen LogP contribution in [0.15, 0.2) is 22.5 Å². The largest absolute Gasteiger partial charge is 0.393 e. The molecule has 3 saturated carbocycles. The minimum atomic E-state index is -0.440. The van der Waals surface area contributed by atoms with Crippen LogP contribution in [0.2, 0.25) is 0 Å². The molecule has 0 aromatic heterocycles. The highest BCUT2D eigenvalue weighted by Crippen LogP contribution is 2.67. The van der Waals surface area contributed by atoms with Crippen molar-refractivity contribution in [1.82, 2.24) is 0 Å². The summed E-state index contributed by atoms with van der Waals surface area (Å²) >= 11 is 0. The van der Waals surface area contributed by atoms with Crippen molar-refractivity contribution in [2.75, 3.05) is 6.61 Å². The Bertz CT molecular complexity index is 636. The number of aliphatic hydroxyl groups is 2. The lowest BCUT2D eigenvalue weighted by molar-refractivity contribution is -0.0304. The van der Waals surface area contributed by atoms with Crippen molar-refractivity contribution in [3.63, 3.8) is 0 Å². The molecule has 0 amide bonds. The first-order valence-corrected chi connectivity index (χ1v) is 10.2. The second kappa shape index (κ2) is 5.92. The monoisotopic (exact) mass is 348 g/mol. The lowest BCUT2D eigenvalue weighted by Crippen LogP contribution is -2.50. The molecule has 6 unspecified atom stereocenters. The van der Waals surface area contributed by atoms with Gasteiger partial charge in [-0.1, -0.05) is 25.0 Å². The Labute approximate surface area is 151 Å². The van der Waals surface area contributed by atoms with Gasteiger partial charge in [-0.2, -0.15) is 0 Å². The maximum atomic E-state index is 14.3. The van der Waals surface area contributed by atoms with E-state index in [0.29, 0.717) is 17.8 Å². The van der Waals surface area contributed by atoms with Gasteiger partial charge in [0.25, 0.3) is 0 Å². The Morgan fingerprint density at radius 2 is 1.76 bits per heavy atom. The highest BCUT2D eigenvalue weighted by atomic mass is 19.1. The summed E-state index contributed by atoms with van der Waals surface area (Å²) in [4.78, 5) is 0. The van der Waals surface area contributed by atoms with Crippen molar-refractivity contribution in [3.8, 4) is 0 Å². The van der Waals surface area contributed by atoms with Gasteiger partial charge in [0, 0.05) is 0 Å². The smallest absolute Gasteiger partial charge is 0.125 e. The first-order chi connectivity index (χ1) is 11.8. The highest BCUT2D eigenvalue weighted by molar-refractivity contribution is 5.33. The van der Waals surface area contributed by atoms with Crippen molar-refractivity contribution in [2.24, 2.45) is 28.6 Å². The van der Waals surface area contributed by atoms with E-state index in [1.807, 2.05) is 0 Å². The van der Waals surface area contributed by atoms with Gasteiger partial charge in [-0.05, 0) is 92.4 Å². The molecule has 3 fully saturated rings. The number of halogens is 1. The molecule has 140 valence electrons. The fourth-order valence-corrected chi connectivity index (χ4v) is 7.45. The van der Waals surface area contributed by atoms with E-state index in [4.69, 9.17) is 0 Å².